The quantitative estimate of drug-likeness (QED) is 0.576. The standard InChI is InChI=1S/C19H19N3O4S2/c1-3-13-4-6-14(7-5-13)19-20-17(12-27-19)18(23)21-22-28(24,25)16-10-8-15(26-2)9-11-16/h4-12,22H,3H2,1-2H3,(H,21,23). The number of sulfonamides is 1. The van der Waals surface area contributed by atoms with Gasteiger partial charge >= 0.3 is 0 Å². The Kier molecular flexibility index (Phi) is 6.08. The predicted molar refractivity (Wildman–Crippen MR) is 108 cm³/mol. The molecule has 2 N–H and O–H groups in total. The van der Waals surface area contributed by atoms with Crippen LogP contribution in [-0.4, -0.2) is 26.4 Å². The lowest BCUT2D eigenvalue weighted by atomic mass is 10.1. The molecule has 0 radical (unpaired) electrons. The molecule has 3 aromatic rings. The molecule has 1 aromatic heterocycles. The third-order valence-corrected chi connectivity index (χ3v) is 6.17. The smallest absolute Gasteiger partial charge is 0.285 e. The zero-order valence-corrected chi connectivity index (χ0v) is 16.9. The summed E-state index contributed by atoms with van der Waals surface area (Å²) in [6.45, 7) is 2.08. The van der Waals surface area contributed by atoms with E-state index in [1.54, 1.807) is 5.38 Å². The molecule has 7 nitrogen and oxygen atoms in total. The first-order valence-corrected chi connectivity index (χ1v) is 10.8. The molecule has 0 spiro atoms. The van der Waals surface area contributed by atoms with Crippen molar-refractivity contribution in [2.45, 2.75) is 18.2 Å². The second-order valence-corrected chi connectivity index (χ2v) is 8.36. The summed E-state index contributed by atoms with van der Waals surface area (Å²) in [5, 5.41) is 2.27. The molecule has 146 valence electrons. The van der Waals surface area contributed by atoms with Gasteiger partial charge in [-0.15, -0.1) is 16.2 Å². The number of hydrogen-bond acceptors (Lipinski definition) is 6. The second-order valence-electron chi connectivity index (χ2n) is 5.82. The van der Waals surface area contributed by atoms with Gasteiger partial charge < -0.3 is 4.74 Å². The number of methoxy groups -OCH3 is 1. The molecule has 0 atom stereocenters. The highest BCUT2D eigenvalue weighted by Gasteiger charge is 2.17. The highest BCUT2D eigenvalue weighted by molar-refractivity contribution is 7.89. The summed E-state index contributed by atoms with van der Waals surface area (Å²) in [5.74, 6) is -0.102. The number of carbonyl (C=O) groups excluding carboxylic acids is 1. The predicted octanol–water partition coefficient (Wildman–Crippen LogP) is 3.00. The normalized spacial score (nSPS) is 11.2. The number of rotatable bonds is 7. The van der Waals surface area contributed by atoms with Crippen LogP contribution in [0.2, 0.25) is 0 Å². The van der Waals surface area contributed by atoms with Crippen LogP contribution in [0, 0.1) is 0 Å². The van der Waals surface area contributed by atoms with Crippen LogP contribution < -0.4 is 15.0 Å². The van der Waals surface area contributed by atoms with E-state index in [9.17, 15) is 13.2 Å². The van der Waals surface area contributed by atoms with Crippen LogP contribution in [0.25, 0.3) is 10.6 Å². The molecule has 3 rings (SSSR count). The molecular weight excluding hydrogens is 398 g/mol. The van der Waals surface area contributed by atoms with E-state index < -0.39 is 15.9 Å². The van der Waals surface area contributed by atoms with Gasteiger partial charge in [0.15, 0.2) is 0 Å². The van der Waals surface area contributed by atoms with E-state index >= 15 is 0 Å². The Morgan fingerprint density at radius 2 is 1.79 bits per heavy atom. The maximum absolute atomic E-state index is 12.3. The number of benzene rings is 2. The number of nitrogens with zero attached hydrogens (tertiary/aromatic N) is 1. The number of hydrazine groups is 1. The van der Waals surface area contributed by atoms with Gasteiger partial charge in [-0.1, -0.05) is 31.2 Å². The number of aryl methyl sites for hydroxylation is 1. The zero-order chi connectivity index (χ0) is 20.1. The minimum absolute atomic E-state index is 0.00332. The highest BCUT2D eigenvalue weighted by atomic mass is 32.2. The molecule has 1 heterocycles. The number of carbonyl (C=O) groups is 1. The summed E-state index contributed by atoms with van der Waals surface area (Å²) in [7, 11) is -2.41. The third kappa shape index (κ3) is 4.56. The van der Waals surface area contributed by atoms with Gasteiger partial charge in [0.2, 0.25) is 0 Å². The lowest BCUT2D eigenvalue weighted by molar-refractivity contribution is 0.0941. The lowest BCUT2D eigenvalue weighted by Crippen LogP contribution is -2.41. The molecular formula is C19H19N3O4S2. The topological polar surface area (TPSA) is 97.4 Å². The van der Waals surface area contributed by atoms with Gasteiger partial charge in [-0.3, -0.25) is 10.2 Å². The van der Waals surface area contributed by atoms with Gasteiger partial charge in [0, 0.05) is 10.9 Å². The van der Waals surface area contributed by atoms with E-state index in [0.29, 0.717) is 10.8 Å². The number of aromatic nitrogens is 1. The first-order valence-electron chi connectivity index (χ1n) is 8.44. The van der Waals surface area contributed by atoms with Crippen molar-refractivity contribution in [3.05, 3.63) is 65.2 Å². The molecule has 0 saturated heterocycles. The van der Waals surface area contributed by atoms with Crippen LogP contribution in [0.1, 0.15) is 23.0 Å². The van der Waals surface area contributed by atoms with Crippen molar-refractivity contribution in [1.82, 2.24) is 15.2 Å². The molecule has 0 aliphatic carbocycles. The van der Waals surface area contributed by atoms with Crippen LogP contribution >= 0.6 is 11.3 Å². The van der Waals surface area contributed by atoms with Crippen LogP contribution in [0.3, 0.4) is 0 Å². The van der Waals surface area contributed by atoms with E-state index in [4.69, 9.17) is 4.74 Å². The van der Waals surface area contributed by atoms with Crippen LogP contribution in [0.5, 0.6) is 5.75 Å². The van der Waals surface area contributed by atoms with Crippen molar-refractivity contribution in [3.63, 3.8) is 0 Å². The van der Waals surface area contributed by atoms with E-state index in [1.165, 1.54) is 48.3 Å². The van der Waals surface area contributed by atoms with Gasteiger partial charge in [-0.05, 0) is 36.2 Å². The minimum atomic E-state index is -3.90. The fraction of sp³-hybridized carbons (Fsp3) is 0.158. The molecule has 0 aliphatic rings. The molecule has 0 fully saturated rings. The SMILES string of the molecule is CCc1ccc(-c2nc(C(=O)NNS(=O)(=O)c3ccc(OC)cc3)cs2)cc1. The Bertz CT molecular complexity index is 1060. The monoisotopic (exact) mass is 417 g/mol. The number of amides is 1. The number of nitrogens with one attached hydrogen (secondary N) is 2. The number of ether oxygens (including phenoxy) is 1. The first-order chi connectivity index (χ1) is 13.4. The Morgan fingerprint density at radius 3 is 2.39 bits per heavy atom. The summed E-state index contributed by atoms with van der Waals surface area (Å²) in [4.78, 5) is 18.6. The Hall–Kier alpha value is -2.75. The summed E-state index contributed by atoms with van der Waals surface area (Å²) < 4.78 is 29.5. The maximum atomic E-state index is 12.3. The third-order valence-electron chi connectivity index (χ3n) is 4.01. The van der Waals surface area contributed by atoms with Crippen molar-refractivity contribution in [3.8, 4) is 16.3 Å². The van der Waals surface area contributed by atoms with E-state index in [0.717, 1.165) is 12.0 Å². The zero-order valence-electron chi connectivity index (χ0n) is 15.3. The fourth-order valence-electron chi connectivity index (χ4n) is 2.39. The first kappa shape index (κ1) is 20.0. The summed E-state index contributed by atoms with van der Waals surface area (Å²) in [5.41, 5.74) is 4.44. The number of thiazole rings is 1. The van der Waals surface area contributed by atoms with Gasteiger partial charge in [0.25, 0.3) is 15.9 Å². The molecule has 0 aliphatic heterocycles. The summed E-state index contributed by atoms with van der Waals surface area (Å²) >= 11 is 1.32. The maximum Gasteiger partial charge on any atom is 0.285 e. The van der Waals surface area contributed by atoms with Crippen molar-refractivity contribution in [2.24, 2.45) is 0 Å². The largest absolute Gasteiger partial charge is 0.497 e. The Morgan fingerprint density at radius 1 is 1.11 bits per heavy atom. The number of hydrogen-bond donors (Lipinski definition) is 2. The van der Waals surface area contributed by atoms with Gasteiger partial charge in [0.1, 0.15) is 16.5 Å². The summed E-state index contributed by atoms with van der Waals surface area (Å²) in [6.07, 6.45) is 0.945. The van der Waals surface area contributed by atoms with Gasteiger partial charge in [-0.2, -0.15) is 0 Å². The Balaban J connectivity index is 1.66. The molecule has 28 heavy (non-hydrogen) atoms. The van der Waals surface area contributed by atoms with Crippen LogP contribution in [-0.2, 0) is 16.4 Å². The van der Waals surface area contributed by atoms with Crippen molar-refractivity contribution in [1.29, 1.82) is 0 Å². The molecule has 1 amide bonds. The molecule has 0 unspecified atom stereocenters. The van der Waals surface area contributed by atoms with E-state index in [-0.39, 0.29) is 10.6 Å². The average Bonchev–Trinajstić information content (AvgIpc) is 3.22. The van der Waals surface area contributed by atoms with Crippen LogP contribution in [0.15, 0.2) is 58.8 Å². The highest BCUT2D eigenvalue weighted by Crippen LogP contribution is 2.24. The minimum Gasteiger partial charge on any atom is -0.497 e. The lowest BCUT2D eigenvalue weighted by Gasteiger charge is -2.08. The molecule has 2 aromatic carbocycles. The van der Waals surface area contributed by atoms with Gasteiger partial charge in [-0.25, -0.2) is 13.4 Å². The van der Waals surface area contributed by atoms with E-state index in [2.05, 4.69) is 22.2 Å². The molecule has 0 bridgehead atoms. The second kappa shape index (κ2) is 8.51. The van der Waals surface area contributed by atoms with Crippen molar-refractivity contribution >= 4 is 27.3 Å². The van der Waals surface area contributed by atoms with Crippen LogP contribution in [0.4, 0.5) is 0 Å². The average molecular weight is 418 g/mol. The fourth-order valence-corrected chi connectivity index (χ4v) is 4.03. The summed E-state index contributed by atoms with van der Waals surface area (Å²) in [6, 6.07) is 13.7. The molecule has 9 heteroatoms. The van der Waals surface area contributed by atoms with E-state index in [1.807, 2.05) is 24.3 Å². The Labute approximate surface area is 167 Å². The molecule has 0 saturated carbocycles. The van der Waals surface area contributed by atoms with Crippen molar-refractivity contribution in [2.75, 3.05) is 7.11 Å². The van der Waals surface area contributed by atoms with Gasteiger partial charge in [0.05, 0.1) is 12.0 Å². The van der Waals surface area contributed by atoms with Crippen molar-refractivity contribution < 1.29 is 17.9 Å².